The molecule has 4 aromatic rings. The second-order valence-electron chi connectivity index (χ2n) is 6.26. The highest BCUT2D eigenvalue weighted by atomic mass is 16.3. The first-order valence-electron chi connectivity index (χ1n) is 8.26. The molecular formula is C20H15N5O2. The van der Waals surface area contributed by atoms with Crippen molar-refractivity contribution in [2.24, 2.45) is 0 Å². The van der Waals surface area contributed by atoms with E-state index in [-0.39, 0.29) is 11.6 Å². The maximum atomic E-state index is 12.6. The Labute approximate surface area is 154 Å². The van der Waals surface area contributed by atoms with Crippen molar-refractivity contribution in [1.29, 1.82) is 5.26 Å². The lowest BCUT2D eigenvalue weighted by molar-refractivity contribution is 0.102. The van der Waals surface area contributed by atoms with Gasteiger partial charge in [-0.15, -0.1) is 0 Å². The van der Waals surface area contributed by atoms with Crippen molar-refractivity contribution in [3.8, 4) is 17.3 Å². The molecule has 0 atom stereocenters. The summed E-state index contributed by atoms with van der Waals surface area (Å²) in [5.74, 6) is -0.330. The number of aryl methyl sites for hydroxylation is 2. The zero-order chi connectivity index (χ0) is 19.0. The van der Waals surface area contributed by atoms with Crippen LogP contribution in [0.5, 0.6) is 0 Å². The van der Waals surface area contributed by atoms with Gasteiger partial charge in [0.15, 0.2) is 0 Å². The molecule has 1 aromatic carbocycles. The van der Waals surface area contributed by atoms with Gasteiger partial charge >= 0.3 is 0 Å². The zero-order valence-electron chi connectivity index (χ0n) is 14.7. The summed E-state index contributed by atoms with van der Waals surface area (Å²) in [5.41, 5.74) is 5.46. The lowest BCUT2D eigenvalue weighted by Gasteiger charge is -2.09. The van der Waals surface area contributed by atoms with Crippen molar-refractivity contribution in [2.45, 2.75) is 13.8 Å². The number of nitrogens with one attached hydrogen (secondary N) is 2. The Balaban J connectivity index is 1.71. The Bertz CT molecular complexity index is 1200. The van der Waals surface area contributed by atoms with Crippen LogP contribution in [0.4, 0.5) is 5.69 Å². The molecule has 132 valence electrons. The number of pyridine rings is 1. The predicted molar refractivity (Wildman–Crippen MR) is 100 cm³/mol. The van der Waals surface area contributed by atoms with E-state index in [9.17, 15) is 4.79 Å². The number of furan rings is 1. The van der Waals surface area contributed by atoms with Crippen molar-refractivity contribution in [3.05, 3.63) is 65.4 Å². The number of aromatic nitrogens is 3. The second-order valence-corrected chi connectivity index (χ2v) is 6.26. The minimum Gasteiger partial charge on any atom is -0.472 e. The first-order valence-corrected chi connectivity index (χ1v) is 8.26. The molecule has 0 aliphatic carbocycles. The molecule has 0 bridgehead atoms. The molecule has 0 aliphatic rings. The average Bonchev–Trinajstić information content (AvgIpc) is 3.30. The SMILES string of the molecule is Cc1cc(C#N)cnc1C(=O)Nc1cc(C)c2[nH]nc(-c3ccoc3)c2c1. The highest BCUT2D eigenvalue weighted by Crippen LogP contribution is 2.31. The monoisotopic (exact) mass is 357 g/mol. The first-order chi connectivity index (χ1) is 13.1. The number of hydrogen-bond acceptors (Lipinski definition) is 5. The quantitative estimate of drug-likeness (QED) is 0.577. The maximum absolute atomic E-state index is 12.6. The average molecular weight is 357 g/mol. The van der Waals surface area contributed by atoms with Gasteiger partial charge in [-0.25, -0.2) is 4.98 Å². The molecule has 0 aliphatic heterocycles. The summed E-state index contributed by atoms with van der Waals surface area (Å²) >= 11 is 0. The Hall–Kier alpha value is -3.92. The van der Waals surface area contributed by atoms with Gasteiger partial charge in [0.1, 0.15) is 17.5 Å². The summed E-state index contributed by atoms with van der Waals surface area (Å²) in [4.78, 5) is 16.8. The molecule has 4 rings (SSSR count). The van der Waals surface area contributed by atoms with E-state index in [0.29, 0.717) is 16.8 Å². The van der Waals surface area contributed by atoms with Crippen molar-refractivity contribution in [3.63, 3.8) is 0 Å². The number of H-pyrrole nitrogens is 1. The van der Waals surface area contributed by atoms with Gasteiger partial charge in [-0.2, -0.15) is 10.4 Å². The van der Waals surface area contributed by atoms with E-state index >= 15 is 0 Å². The third-order valence-electron chi connectivity index (χ3n) is 4.35. The molecule has 0 unspecified atom stereocenters. The van der Waals surface area contributed by atoms with Crippen LogP contribution in [-0.2, 0) is 0 Å². The molecule has 3 heterocycles. The van der Waals surface area contributed by atoms with Gasteiger partial charge in [-0.1, -0.05) is 0 Å². The number of amides is 1. The van der Waals surface area contributed by atoms with Crippen LogP contribution in [0.15, 0.2) is 47.4 Å². The smallest absolute Gasteiger partial charge is 0.274 e. The molecule has 1 amide bonds. The Kier molecular flexibility index (Phi) is 3.94. The van der Waals surface area contributed by atoms with Crippen LogP contribution in [0.3, 0.4) is 0 Å². The van der Waals surface area contributed by atoms with Crippen LogP contribution >= 0.6 is 0 Å². The van der Waals surface area contributed by atoms with E-state index in [1.54, 1.807) is 25.5 Å². The number of aromatic amines is 1. The van der Waals surface area contributed by atoms with Gasteiger partial charge in [-0.3, -0.25) is 9.89 Å². The summed E-state index contributed by atoms with van der Waals surface area (Å²) in [6.07, 6.45) is 4.61. The molecule has 0 saturated heterocycles. The number of carbonyl (C=O) groups is 1. The van der Waals surface area contributed by atoms with E-state index < -0.39 is 0 Å². The molecule has 0 radical (unpaired) electrons. The summed E-state index contributed by atoms with van der Waals surface area (Å²) in [5, 5.41) is 20.1. The van der Waals surface area contributed by atoms with Crippen molar-refractivity contribution >= 4 is 22.5 Å². The van der Waals surface area contributed by atoms with Crippen LogP contribution in [0.2, 0.25) is 0 Å². The topological polar surface area (TPSA) is 108 Å². The number of fused-ring (bicyclic) bond motifs is 1. The number of rotatable bonds is 3. The highest BCUT2D eigenvalue weighted by molar-refractivity contribution is 6.06. The van der Waals surface area contributed by atoms with Crippen LogP contribution in [0, 0.1) is 25.2 Å². The summed E-state index contributed by atoms with van der Waals surface area (Å²) in [6.45, 7) is 3.70. The predicted octanol–water partition coefficient (Wildman–Crippen LogP) is 3.96. The van der Waals surface area contributed by atoms with E-state index in [4.69, 9.17) is 9.68 Å². The molecule has 0 fully saturated rings. The Morgan fingerprint density at radius 3 is 2.81 bits per heavy atom. The van der Waals surface area contributed by atoms with Gasteiger partial charge in [0.05, 0.1) is 23.6 Å². The number of nitrogens with zero attached hydrogens (tertiary/aromatic N) is 3. The lowest BCUT2D eigenvalue weighted by Crippen LogP contribution is -2.15. The minimum absolute atomic E-state index is 0.286. The Morgan fingerprint density at radius 1 is 1.26 bits per heavy atom. The van der Waals surface area contributed by atoms with Crippen LogP contribution in [0.25, 0.3) is 22.2 Å². The van der Waals surface area contributed by atoms with Gasteiger partial charge in [0.2, 0.25) is 0 Å². The number of carbonyl (C=O) groups excluding carboxylic acids is 1. The molecule has 0 spiro atoms. The number of nitriles is 1. The van der Waals surface area contributed by atoms with Gasteiger partial charge in [0, 0.05) is 22.8 Å². The summed E-state index contributed by atoms with van der Waals surface area (Å²) in [6, 6.07) is 9.23. The fourth-order valence-electron chi connectivity index (χ4n) is 3.05. The van der Waals surface area contributed by atoms with Gasteiger partial charge in [0.25, 0.3) is 5.91 Å². The molecule has 3 aromatic heterocycles. The number of anilines is 1. The van der Waals surface area contributed by atoms with E-state index in [1.807, 2.05) is 31.2 Å². The molecule has 2 N–H and O–H groups in total. The molecule has 27 heavy (non-hydrogen) atoms. The summed E-state index contributed by atoms with van der Waals surface area (Å²) in [7, 11) is 0. The molecular weight excluding hydrogens is 342 g/mol. The van der Waals surface area contributed by atoms with E-state index in [0.717, 1.165) is 27.7 Å². The molecule has 0 saturated carbocycles. The summed E-state index contributed by atoms with van der Waals surface area (Å²) < 4.78 is 5.15. The van der Waals surface area contributed by atoms with Crippen LogP contribution < -0.4 is 5.32 Å². The van der Waals surface area contributed by atoms with Crippen molar-refractivity contribution in [2.75, 3.05) is 5.32 Å². The van der Waals surface area contributed by atoms with Crippen molar-refractivity contribution in [1.82, 2.24) is 15.2 Å². The standard InChI is InChI=1S/C20H15N5O2/c1-11-5-13(8-21)9-22-18(11)20(26)23-15-6-12(2)17-16(7-15)19(25-24-17)14-3-4-27-10-14/h3-7,9-10H,1-2H3,(H,23,26)(H,24,25). The number of benzene rings is 1. The second kappa shape index (κ2) is 6.42. The highest BCUT2D eigenvalue weighted by Gasteiger charge is 2.15. The van der Waals surface area contributed by atoms with Crippen molar-refractivity contribution < 1.29 is 9.21 Å². The zero-order valence-corrected chi connectivity index (χ0v) is 14.7. The largest absolute Gasteiger partial charge is 0.472 e. The third-order valence-corrected chi connectivity index (χ3v) is 4.35. The number of hydrogen-bond donors (Lipinski definition) is 2. The molecule has 7 heteroatoms. The lowest BCUT2D eigenvalue weighted by atomic mass is 10.1. The maximum Gasteiger partial charge on any atom is 0.274 e. The van der Waals surface area contributed by atoms with Gasteiger partial charge < -0.3 is 9.73 Å². The Morgan fingerprint density at radius 2 is 2.11 bits per heavy atom. The first kappa shape index (κ1) is 16.5. The third kappa shape index (κ3) is 2.93. The minimum atomic E-state index is -0.330. The van der Waals surface area contributed by atoms with Gasteiger partial charge in [-0.05, 0) is 49.2 Å². The molecule has 7 nitrogen and oxygen atoms in total. The van der Waals surface area contributed by atoms with Crippen LogP contribution in [-0.4, -0.2) is 21.1 Å². The normalized spacial score (nSPS) is 10.7. The fourth-order valence-corrected chi connectivity index (χ4v) is 3.05. The van der Waals surface area contributed by atoms with E-state index in [2.05, 4.69) is 20.5 Å². The van der Waals surface area contributed by atoms with Crippen LogP contribution in [0.1, 0.15) is 27.2 Å². The van der Waals surface area contributed by atoms with E-state index in [1.165, 1.54) is 6.20 Å². The fraction of sp³-hybridized carbons (Fsp3) is 0.100.